The van der Waals surface area contributed by atoms with Crippen LogP contribution in [0.4, 0.5) is 0 Å². The Morgan fingerprint density at radius 1 is 1.15 bits per heavy atom. The molecule has 132 valence electrons. The fraction of sp³-hybridized carbons (Fsp3) is 0.190. The average Bonchev–Trinajstić information content (AvgIpc) is 2.67. The maximum absolute atomic E-state index is 12.6. The van der Waals surface area contributed by atoms with Gasteiger partial charge in [0.1, 0.15) is 6.54 Å². The number of benzene rings is 2. The van der Waals surface area contributed by atoms with E-state index in [0.717, 1.165) is 11.1 Å². The van der Waals surface area contributed by atoms with Crippen molar-refractivity contribution in [3.63, 3.8) is 0 Å². The quantitative estimate of drug-likeness (QED) is 0.594. The lowest BCUT2D eigenvalue weighted by Gasteiger charge is -2.21. The van der Waals surface area contributed by atoms with Gasteiger partial charge in [0.15, 0.2) is 0 Å². The summed E-state index contributed by atoms with van der Waals surface area (Å²) in [6.07, 6.45) is 2.96. The van der Waals surface area contributed by atoms with E-state index in [1.807, 2.05) is 31.2 Å². The molecule has 0 aromatic heterocycles. The molecule has 0 fully saturated rings. The molecule has 1 amide bonds. The van der Waals surface area contributed by atoms with E-state index in [-0.39, 0.29) is 12.5 Å². The van der Waals surface area contributed by atoms with Gasteiger partial charge in [0.25, 0.3) is 0 Å². The van der Waals surface area contributed by atoms with Gasteiger partial charge < -0.3 is 9.64 Å². The second-order valence-electron chi connectivity index (χ2n) is 5.73. The van der Waals surface area contributed by atoms with Crippen LogP contribution in [-0.2, 0) is 20.9 Å². The van der Waals surface area contributed by atoms with Crippen molar-refractivity contribution in [3.05, 3.63) is 76.9 Å². The molecule has 2 aromatic carbocycles. The van der Waals surface area contributed by atoms with Crippen molar-refractivity contribution in [3.8, 4) is 6.07 Å². The highest BCUT2D eigenvalue weighted by atomic mass is 16.5. The highest BCUT2D eigenvalue weighted by Crippen LogP contribution is 2.13. The molecule has 5 heteroatoms. The summed E-state index contributed by atoms with van der Waals surface area (Å²) in [6.45, 7) is 2.11. The number of carbonyl (C=O) groups excluding carboxylic acids is 2. The molecule has 0 saturated heterocycles. The summed E-state index contributed by atoms with van der Waals surface area (Å²) < 4.78 is 4.70. The second-order valence-corrected chi connectivity index (χ2v) is 5.73. The molecule has 0 spiro atoms. The highest BCUT2D eigenvalue weighted by Gasteiger charge is 2.17. The molecule has 2 aromatic rings. The van der Waals surface area contributed by atoms with Crippen molar-refractivity contribution >= 4 is 18.0 Å². The van der Waals surface area contributed by atoms with E-state index in [1.54, 1.807) is 30.3 Å². The number of rotatable bonds is 6. The summed E-state index contributed by atoms with van der Waals surface area (Å²) in [7, 11) is 1.29. The van der Waals surface area contributed by atoms with E-state index in [1.165, 1.54) is 18.1 Å². The second kappa shape index (κ2) is 9.19. The van der Waals surface area contributed by atoms with Crippen LogP contribution in [0, 0.1) is 18.3 Å². The number of aryl methyl sites for hydroxylation is 1. The Balaban J connectivity index is 2.22. The first kappa shape index (κ1) is 18.9. The number of hydrogen-bond acceptors (Lipinski definition) is 4. The van der Waals surface area contributed by atoms with Crippen LogP contribution >= 0.6 is 0 Å². The summed E-state index contributed by atoms with van der Waals surface area (Å²) in [5.41, 5.74) is 3.12. The smallest absolute Gasteiger partial charge is 0.325 e. The van der Waals surface area contributed by atoms with Crippen LogP contribution in [0.15, 0.2) is 54.6 Å². The predicted molar refractivity (Wildman–Crippen MR) is 98.8 cm³/mol. The molecule has 26 heavy (non-hydrogen) atoms. The summed E-state index contributed by atoms with van der Waals surface area (Å²) in [5, 5.41) is 9.13. The first-order chi connectivity index (χ1) is 12.5. The molecule has 0 N–H and O–H groups in total. The maximum Gasteiger partial charge on any atom is 0.325 e. The minimum Gasteiger partial charge on any atom is -0.468 e. The third kappa shape index (κ3) is 5.05. The number of amides is 1. The van der Waals surface area contributed by atoms with Crippen molar-refractivity contribution in [1.29, 1.82) is 5.26 Å². The van der Waals surface area contributed by atoms with Gasteiger partial charge in [-0.05, 0) is 35.8 Å². The molecule has 0 bridgehead atoms. The number of nitrogens with zero attached hydrogens (tertiary/aromatic N) is 2. The lowest BCUT2D eigenvalue weighted by molar-refractivity contribution is -0.145. The Labute approximate surface area is 153 Å². The number of esters is 1. The Bertz CT molecular complexity index is 866. The Morgan fingerprint density at radius 2 is 1.85 bits per heavy atom. The van der Waals surface area contributed by atoms with Gasteiger partial charge in [-0.3, -0.25) is 9.59 Å². The summed E-state index contributed by atoms with van der Waals surface area (Å²) in [4.78, 5) is 25.7. The number of hydrogen-bond donors (Lipinski definition) is 0. The van der Waals surface area contributed by atoms with Crippen LogP contribution in [0.1, 0.15) is 22.3 Å². The van der Waals surface area contributed by atoms with Gasteiger partial charge in [-0.1, -0.05) is 42.5 Å². The number of ether oxygens (including phenoxy) is 1. The molecular weight excluding hydrogens is 328 g/mol. The minimum absolute atomic E-state index is 0.145. The van der Waals surface area contributed by atoms with Gasteiger partial charge in [-0.25, -0.2) is 0 Å². The third-order valence-corrected chi connectivity index (χ3v) is 3.97. The van der Waals surface area contributed by atoms with E-state index < -0.39 is 5.97 Å². The fourth-order valence-corrected chi connectivity index (χ4v) is 2.44. The Kier molecular flexibility index (Phi) is 6.69. The van der Waals surface area contributed by atoms with Crippen LogP contribution in [-0.4, -0.2) is 30.4 Å². The topological polar surface area (TPSA) is 70.4 Å². The summed E-state index contributed by atoms with van der Waals surface area (Å²) >= 11 is 0. The molecule has 2 rings (SSSR count). The van der Waals surface area contributed by atoms with Crippen LogP contribution in [0.2, 0.25) is 0 Å². The van der Waals surface area contributed by atoms with E-state index in [2.05, 4.69) is 6.07 Å². The summed E-state index contributed by atoms with van der Waals surface area (Å²) in [5.74, 6) is -0.816. The molecule has 0 saturated carbocycles. The minimum atomic E-state index is -0.488. The van der Waals surface area contributed by atoms with Gasteiger partial charge in [0.2, 0.25) is 5.91 Å². The number of nitriles is 1. The van der Waals surface area contributed by atoms with Crippen LogP contribution < -0.4 is 0 Å². The monoisotopic (exact) mass is 348 g/mol. The van der Waals surface area contributed by atoms with Gasteiger partial charge in [0, 0.05) is 12.6 Å². The van der Waals surface area contributed by atoms with Crippen molar-refractivity contribution < 1.29 is 14.3 Å². The van der Waals surface area contributed by atoms with Crippen molar-refractivity contribution in [2.24, 2.45) is 0 Å². The van der Waals surface area contributed by atoms with Gasteiger partial charge in [-0.2, -0.15) is 5.26 Å². The number of methoxy groups -OCH3 is 1. The predicted octanol–water partition coefficient (Wildman–Crippen LogP) is 3.08. The zero-order chi connectivity index (χ0) is 18.9. The molecule has 0 radical (unpaired) electrons. The standard InChI is InChI=1S/C21H20N2O3/c1-16-7-3-4-10-19(16)14-23(15-21(25)26-2)20(24)12-11-17-8-5-6-9-18(17)13-22/h3-12H,14-15H2,1-2H3/b12-11+. The Morgan fingerprint density at radius 3 is 2.54 bits per heavy atom. The SMILES string of the molecule is COC(=O)CN(Cc1ccccc1C)C(=O)/C=C/c1ccccc1C#N. The zero-order valence-corrected chi connectivity index (χ0v) is 14.8. The maximum atomic E-state index is 12.6. The average molecular weight is 348 g/mol. The van der Waals surface area contributed by atoms with E-state index in [4.69, 9.17) is 10.00 Å². The van der Waals surface area contributed by atoms with E-state index in [9.17, 15) is 9.59 Å². The van der Waals surface area contributed by atoms with Crippen LogP contribution in [0.3, 0.4) is 0 Å². The molecule has 0 atom stereocenters. The third-order valence-electron chi connectivity index (χ3n) is 3.97. The van der Waals surface area contributed by atoms with Gasteiger partial charge >= 0.3 is 5.97 Å². The molecule has 0 unspecified atom stereocenters. The molecule has 0 aliphatic heterocycles. The van der Waals surface area contributed by atoms with E-state index in [0.29, 0.717) is 17.7 Å². The van der Waals surface area contributed by atoms with Gasteiger partial charge in [0.05, 0.1) is 18.7 Å². The molecule has 0 aliphatic rings. The first-order valence-corrected chi connectivity index (χ1v) is 8.12. The van der Waals surface area contributed by atoms with Crippen molar-refractivity contribution in [1.82, 2.24) is 4.90 Å². The lowest BCUT2D eigenvalue weighted by Crippen LogP contribution is -2.34. The zero-order valence-electron chi connectivity index (χ0n) is 14.8. The van der Waals surface area contributed by atoms with Crippen molar-refractivity contribution in [2.75, 3.05) is 13.7 Å². The molecule has 0 aliphatic carbocycles. The number of carbonyl (C=O) groups is 2. The lowest BCUT2D eigenvalue weighted by atomic mass is 10.1. The molecular formula is C21H20N2O3. The van der Waals surface area contributed by atoms with E-state index >= 15 is 0 Å². The first-order valence-electron chi connectivity index (χ1n) is 8.12. The van der Waals surface area contributed by atoms with Crippen LogP contribution in [0.25, 0.3) is 6.08 Å². The van der Waals surface area contributed by atoms with Crippen molar-refractivity contribution in [2.45, 2.75) is 13.5 Å². The molecule has 0 heterocycles. The van der Waals surface area contributed by atoms with Crippen LogP contribution in [0.5, 0.6) is 0 Å². The highest BCUT2D eigenvalue weighted by molar-refractivity contribution is 5.94. The molecule has 5 nitrogen and oxygen atoms in total. The summed E-state index contributed by atoms with van der Waals surface area (Å²) in [6, 6.07) is 16.8. The normalized spacial score (nSPS) is 10.3. The largest absolute Gasteiger partial charge is 0.468 e. The fourth-order valence-electron chi connectivity index (χ4n) is 2.44. The Hall–Kier alpha value is -3.39. The van der Waals surface area contributed by atoms with Gasteiger partial charge in [-0.15, -0.1) is 0 Å².